The van der Waals surface area contributed by atoms with Crippen molar-refractivity contribution < 1.29 is 30.4 Å². The van der Waals surface area contributed by atoms with E-state index < -0.39 is 46.4 Å². The van der Waals surface area contributed by atoms with Gasteiger partial charge in [0.2, 0.25) is 19.7 Å². The van der Waals surface area contributed by atoms with Crippen molar-refractivity contribution in [3.8, 4) is 0 Å². The Kier molecular flexibility index (Phi) is 5.38. The molecule has 0 fully saturated rings. The maximum Gasteiger partial charge on any atom is 0.320 e. The SMILES string of the molecule is O=CC(F)CC(F)(S(=O)(=O)c1ccccc1)S(=O)(=O)c1ccccc1. The second-order valence-electron chi connectivity index (χ2n) is 5.15. The molecule has 0 heterocycles. The minimum Gasteiger partial charge on any atom is -0.300 e. The zero-order chi connectivity index (χ0) is 18.7. The van der Waals surface area contributed by atoms with Crippen LogP contribution < -0.4 is 0 Å². The quantitative estimate of drug-likeness (QED) is 0.681. The van der Waals surface area contributed by atoms with E-state index in [4.69, 9.17) is 0 Å². The van der Waals surface area contributed by atoms with Gasteiger partial charge in [-0.25, -0.2) is 25.6 Å². The average Bonchev–Trinajstić information content (AvgIpc) is 2.62. The molecule has 9 heteroatoms. The first-order valence-electron chi connectivity index (χ1n) is 7.04. The molecule has 0 amide bonds. The molecule has 0 aliphatic carbocycles. The summed E-state index contributed by atoms with van der Waals surface area (Å²) in [6.07, 6.45) is -4.61. The van der Waals surface area contributed by atoms with Gasteiger partial charge in [0, 0.05) is 0 Å². The second kappa shape index (κ2) is 7.01. The Morgan fingerprint density at radius 2 is 1.20 bits per heavy atom. The highest BCUT2D eigenvalue weighted by molar-refractivity contribution is 8.10. The van der Waals surface area contributed by atoms with Gasteiger partial charge >= 0.3 is 4.33 Å². The summed E-state index contributed by atoms with van der Waals surface area (Å²) in [6.45, 7) is 0. The summed E-state index contributed by atoms with van der Waals surface area (Å²) in [4.78, 5) is 9.32. The van der Waals surface area contributed by atoms with Gasteiger partial charge < -0.3 is 4.79 Å². The summed E-state index contributed by atoms with van der Waals surface area (Å²) >= 11 is 0. The fourth-order valence-corrected chi connectivity index (χ4v) is 6.42. The van der Waals surface area contributed by atoms with Crippen molar-refractivity contribution in [2.24, 2.45) is 0 Å². The molecule has 0 saturated carbocycles. The Balaban J connectivity index is 2.74. The predicted molar refractivity (Wildman–Crippen MR) is 86.7 cm³/mol. The van der Waals surface area contributed by atoms with Crippen molar-refractivity contribution in [3.05, 3.63) is 60.7 Å². The van der Waals surface area contributed by atoms with Crippen LogP contribution in [-0.2, 0) is 24.5 Å². The van der Waals surface area contributed by atoms with Crippen molar-refractivity contribution in [2.75, 3.05) is 0 Å². The maximum atomic E-state index is 15.6. The third kappa shape index (κ3) is 3.34. The molecule has 0 bridgehead atoms. The van der Waals surface area contributed by atoms with Gasteiger partial charge in [0.1, 0.15) is 0 Å². The Bertz CT molecular complexity index is 873. The van der Waals surface area contributed by atoms with Crippen LogP contribution in [0.3, 0.4) is 0 Å². The zero-order valence-electron chi connectivity index (χ0n) is 12.7. The van der Waals surface area contributed by atoms with E-state index in [1.54, 1.807) is 0 Å². The van der Waals surface area contributed by atoms with Crippen LogP contribution in [0, 0.1) is 0 Å². The molecule has 0 aliphatic heterocycles. The third-order valence-electron chi connectivity index (χ3n) is 3.50. The van der Waals surface area contributed by atoms with E-state index in [-0.39, 0.29) is 6.29 Å². The largest absolute Gasteiger partial charge is 0.320 e. The summed E-state index contributed by atoms with van der Waals surface area (Å²) < 4.78 is 75.9. The summed E-state index contributed by atoms with van der Waals surface area (Å²) in [5, 5.41) is 0. The van der Waals surface area contributed by atoms with Crippen molar-refractivity contribution in [1.82, 2.24) is 0 Å². The normalized spacial score (nSPS) is 14.0. The summed E-state index contributed by atoms with van der Waals surface area (Å²) in [5.41, 5.74) is 0. The molecule has 0 spiro atoms. The van der Waals surface area contributed by atoms with E-state index in [0.29, 0.717) is 0 Å². The fourth-order valence-electron chi connectivity index (χ4n) is 2.20. The van der Waals surface area contributed by atoms with E-state index in [2.05, 4.69) is 0 Å². The monoisotopic (exact) mass is 388 g/mol. The van der Waals surface area contributed by atoms with E-state index in [1.807, 2.05) is 0 Å². The Labute approximate surface area is 144 Å². The number of carbonyl (C=O) groups is 1. The Morgan fingerprint density at radius 1 is 0.840 bits per heavy atom. The molecule has 5 nitrogen and oxygen atoms in total. The molecule has 0 aromatic heterocycles. The van der Waals surface area contributed by atoms with Crippen LogP contribution in [-0.4, -0.2) is 33.6 Å². The van der Waals surface area contributed by atoms with Crippen LogP contribution in [0.4, 0.5) is 8.78 Å². The highest BCUT2D eigenvalue weighted by atomic mass is 32.3. The topological polar surface area (TPSA) is 85.3 Å². The molecule has 2 aromatic carbocycles. The maximum absolute atomic E-state index is 15.6. The lowest BCUT2D eigenvalue weighted by atomic mass is 10.3. The molecular formula is C16H14F2O5S2. The summed E-state index contributed by atoms with van der Waals surface area (Å²) in [7, 11) is -10.3. The molecule has 0 saturated heterocycles. The van der Waals surface area contributed by atoms with Crippen LogP contribution in [0.1, 0.15) is 6.42 Å². The average molecular weight is 388 g/mol. The number of halogens is 2. The number of hydrogen-bond donors (Lipinski definition) is 0. The van der Waals surface area contributed by atoms with Gasteiger partial charge in [-0.2, -0.15) is 0 Å². The number of hydrogen-bond acceptors (Lipinski definition) is 5. The predicted octanol–water partition coefficient (Wildman–Crippen LogP) is 2.48. The van der Waals surface area contributed by atoms with Gasteiger partial charge in [-0.05, 0) is 24.3 Å². The lowest BCUT2D eigenvalue weighted by Gasteiger charge is -2.25. The summed E-state index contributed by atoms with van der Waals surface area (Å²) in [6, 6.07) is 12.0. The van der Waals surface area contributed by atoms with E-state index in [0.717, 1.165) is 24.3 Å². The highest BCUT2D eigenvalue weighted by Gasteiger charge is 2.58. The standard InChI is InChI=1S/C16H14F2O5S2/c17-13(12-19)11-16(18,24(20,21)14-7-3-1-4-8-14)25(22,23)15-9-5-2-6-10-15/h1-10,12-13H,11H2. The van der Waals surface area contributed by atoms with Crippen molar-refractivity contribution in [1.29, 1.82) is 0 Å². The molecule has 0 N–H and O–H groups in total. The molecule has 2 aromatic rings. The van der Waals surface area contributed by atoms with Crippen LogP contribution >= 0.6 is 0 Å². The molecule has 1 atom stereocenters. The van der Waals surface area contributed by atoms with Gasteiger partial charge in [-0.3, -0.25) is 0 Å². The Morgan fingerprint density at radius 3 is 1.52 bits per heavy atom. The van der Waals surface area contributed by atoms with Gasteiger partial charge in [0.05, 0.1) is 16.2 Å². The van der Waals surface area contributed by atoms with Crippen LogP contribution in [0.25, 0.3) is 0 Å². The molecular weight excluding hydrogens is 374 g/mol. The molecule has 0 radical (unpaired) electrons. The van der Waals surface area contributed by atoms with Gasteiger partial charge in [-0.1, -0.05) is 36.4 Å². The van der Waals surface area contributed by atoms with E-state index in [1.165, 1.54) is 36.4 Å². The van der Waals surface area contributed by atoms with Gasteiger partial charge in [-0.15, -0.1) is 0 Å². The Hall–Kier alpha value is -2.13. The van der Waals surface area contributed by atoms with E-state index in [9.17, 15) is 26.0 Å². The first-order valence-corrected chi connectivity index (χ1v) is 10.0. The number of carbonyl (C=O) groups excluding carboxylic acids is 1. The van der Waals surface area contributed by atoms with Gasteiger partial charge in [0.15, 0.2) is 12.5 Å². The number of alkyl halides is 2. The van der Waals surface area contributed by atoms with Crippen molar-refractivity contribution >= 4 is 26.0 Å². The minimum absolute atomic E-state index is 0.338. The molecule has 134 valence electrons. The zero-order valence-corrected chi connectivity index (χ0v) is 14.4. The van der Waals surface area contributed by atoms with Crippen molar-refractivity contribution in [2.45, 2.75) is 26.7 Å². The number of benzene rings is 2. The highest BCUT2D eigenvalue weighted by Crippen LogP contribution is 2.40. The minimum atomic E-state index is -5.17. The molecule has 2 rings (SSSR count). The van der Waals surface area contributed by atoms with Gasteiger partial charge in [0.25, 0.3) is 0 Å². The smallest absolute Gasteiger partial charge is 0.300 e. The second-order valence-corrected chi connectivity index (χ2v) is 9.66. The third-order valence-corrected chi connectivity index (χ3v) is 8.54. The number of aldehydes is 1. The first kappa shape index (κ1) is 19.2. The van der Waals surface area contributed by atoms with Crippen LogP contribution in [0.2, 0.25) is 0 Å². The number of sulfone groups is 2. The van der Waals surface area contributed by atoms with Crippen LogP contribution in [0.5, 0.6) is 0 Å². The molecule has 1 unspecified atom stereocenters. The van der Waals surface area contributed by atoms with Crippen molar-refractivity contribution in [3.63, 3.8) is 0 Å². The number of rotatable bonds is 7. The van der Waals surface area contributed by atoms with Crippen LogP contribution in [0.15, 0.2) is 70.5 Å². The summed E-state index contributed by atoms with van der Waals surface area (Å²) in [5.74, 6) is 0. The lowest BCUT2D eigenvalue weighted by Crippen LogP contribution is -2.44. The van der Waals surface area contributed by atoms with E-state index >= 15 is 4.39 Å². The molecule has 25 heavy (non-hydrogen) atoms. The fraction of sp³-hybridized carbons (Fsp3) is 0.188. The molecule has 0 aliphatic rings. The lowest BCUT2D eigenvalue weighted by molar-refractivity contribution is -0.112. The first-order chi connectivity index (χ1) is 11.7.